The first-order chi connectivity index (χ1) is 14.7. The van der Waals surface area contributed by atoms with Gasteiger partial charge in [-0.05, 0) is 37.5 Å². The minimum absolute atomic E-state index is 0.0410. The highest BCUT2D eigenvalue weighted by Gasteiger charge is 2.34. The topological polar surface area (TPSA) is 135 Å². The van der Waals surface area contributed by atoms with E-state index in [4.69, 9.17) is 27.7 Å². The highest BCUT2D eigenvalue weighted by Crippen LogP contribution is 2.30. The normalized spacial score (nSPS) is 18.0. The van der Waals surface area contributed by atoms with E-state index in [0.29, 0.717) is 28.5 Å². The molecule has 8 nitrogen and oxygen atoms in total. The second-order valence-corrected chi connectivity index (χ2v) is 7.74. The van der Waals surface area contributed by atoms with Crippen LogP contribution in [-0.2, 0) is 4.79 Å². The number of benzene rings is 2. The first-order valence-electron chi connectivity index (χ1n) is 9.93. The maximum Gasteiger partial charge on any atom is 0.488 e. The van der Waals surface area contributed by atoms with E-state index in [-0.39, 0.29) is 23.6 Å². The fourth-order valence-electron chi connectivity index (χ4n) is 3.63. The van der Waals surface area contributed by atoms with E-state index in [0.717, 1.165) is 5.56 Å². The summed E-state index contributed by atoms with van der Waals surface area (Å²) in [6, 6.07) is 11.3. The molecule has 0 bridgehead atoms. The summed E-state index contributed by atoms with van der Waals surface area (Å²) in [5.74, 6) is -0.0123. The number of hydrogen-bond donors (Lipinski definition) is 5. The Hall–Kier alpha value is -2.72. The molecule has 162 valence electrons. The Morgan fingerprint density at radius 2 is 1.97 bits per heavy atom. The van der Waals surface area contributed by atoms with Crippen LogP contribution in [-0.4, -0.2) is 53.4 Å². The summed E-state index contributed by atoms with van der Waals surface area (Å²) in [6.07, 6.45) is -0.729. The summed E-state index contributed by atoms with van der Waals surface area (Å²) in [5, 5.41) is 31.1. The molecule has 10 heteroatoms. The van der Waals surface area contributed by atoms with Gasteiger partial charge in [0.1, 0.15) is 6.17 Å². The monoisotopic (exact) mass is 441 g/mol. The molecule has 2 aromatic carbocycles. The zero-order chi connectivity index (χ0) is 22.7. The molecule has 1 aliphatic rings. The molecule has 0 aliphatic carbocycles. The zero-order valence-corrected chi connectivity index (χ0v) is 18.1. The van der Waals surface area contributed by atoms with Crippen LogP contribution in [0.15, 0.2) is 47.5 Å². The number of hydrogen-bond acceptors (Lipinski definition) is 6. The van der Waals surface area contributed by atoms with E-state index in [1.807, 2.05) is 6.92 Å². The highest BCUT2D eigenvalue weighted by molar-refractivity contribution is 6.58. The van der Waals surface area contributed by atoms with Gasteiger partial charge in [0, 0.05) is 22.7 Å². The van der Waals surface area contributed by atoms with Gasteiger partial charge in [0.25, 0.3) is 0 Å². The number of nitrogens with one attached hydrogen (secondary N) is 2. The number of anilines is 1. The quantitative estimate of drug-likeness (QED) is 0.266. The highest BCUT2D eigenvalue weighted by atomic mass is 35.5. The smallest absolute Gasteiger partial charge is 0.423 e. The molecule has 1 unspecified atom stereocenters. The Morgan fingerprint density at radius 1 is 1.29 bits per heavy atom. The van der Waals surface area contributed by atoms with E-state index in [2.05, 4.69) is 5.32 Å². The largest absolute Gasteiger partial charge is 0.488 e. The van der Waals surface area contributed by atoms with Gasteiger partial charge < -0.3 is 26.0 Å². The summed E-state index contributed by atoms with van der Waals surface area (Å²) in [7, 11) is -1.67. The number of nitrogens with zero attached hydrogens (tertiary/aromatic N) is 2. The van der Waals surface area contributed by atoms with Crippen molar-refractivity contribution in [1.82, 2.24) is 5.32 Å². The van der Waals surface area contributed by atoms with Crippen LogP contribution in [0.2, 0.25) is 5.02 Å². The van der Waals surface area contributed by atoms with Gasteiger partial charge >= 0.3 is 7.12 Å². The van der Waals surface area contributed by atoms with E-state index in [1.165, 1.54) is 0 Å². The molecule has 6 N–H and O–H groups in total. The minimum atomic E-state index is -1.67. The van der Waals surface area contributed by atoms with Gasteiger partial charge in [0.05, 0.1) is 29.7 Å². The third-order valence-electron chi connectivity index (χ3n) is 5.07. The predicted octanol–water partition coefficient (Wildman–Crippen LogP) is 0.854. The molecule has 31 heavy (non-hydrogen) atoms. The maximum absolute atomic E-state index is 12.4. The van der Waals surface area contributed by atoms with Crippen LogP contribution >= 0.6 is 11.6 Å². The van der Waals surface area contributed by atoms with Gasteiger partial charge in [0.15, 0.2) is 0 Å². The number of benzodiazepines with no additional fused rings is 1. The number of halogens is 1. The summed E-state index contributed by atoms with van der Waals surface area (Å²) in [5.41, 5.74) is 9.23. The first kappa shape index (κ1) is 23.0. The van der Waals surface area contributed by atoms with Crippen LogP contribution in [0.1, 0.15) is 31.4 Å². The molecular formula is C21H25BClN5O3. The van der Waals surface area contributed by atoms with Crippen molar-refractivity contribution in [2.24, 2.45) is 10.7 Å². The number of fused-ring (bicyclic) bond motifs is 1. The van der Waals surface area contributed by atoms with Crippen molar-refractivity contribution in [2.75, 3.05) is 11.4 Å². The van der Waals surface area contributed by atoms with Gasteiger partial charge in [-0.25, -0.2) is 0 Å². The summed E-state index contributed by atoms with van der Waals surface area (Å²) < 4.78 is 0. The Balaban J connectivity index is 2.24. The number of carbonyl (C=O) groups is 1. The number of rotatable bonds is 5. The first-order valence-corrected chi connectivity index (χ1v) is 10.3. The lowest BCUT2D eigenvalue weighted by Gasteiger charge is -2.32. The average Bonchev–Trinajstić information content (AvgIpc) is 2.83. The van der Waals surface area contributed by atoms with E-state index in [1.54, 1.807) is 54.3 Å². The summed E-state index contributed by atoms with van der Waals surface area (Å²) in [4.78, 5) is 18.8. The molecule has 2 atom stereocenters. The number of nitrogens with two attached hydrogens (primary N) is 1. The van der Waals surface area contributed by atoms with Crippen molar-refractivity contribution in [2.45, 2.75) is 32.5 Å². The molecule has 1 aliphatic heterocycles. The average molecular weight is 442 g/mol. The van der Waals surface area contributed by atoms with Crippen molar-refractivity contribution in [1.29, 1.82) is 5.41 Å². The van der Waals surface area contributed by atoms with Crippen molar-refractivity contribution < 1.29 is 14.8 Å². The van der Waals surface area contributed by atoms with Gasteiger partial charge in [-0.2, -0.15) is 0 Å². The van der Waals surface area contributed by atoms with Gasteiger partial charge in [0.2, 0.25) is 5.91 Å². The number of amides is 1. The molecule has 1 amide bonds. The van der Waals surface area contributed by atoms with Crippen molar-refractivity contribution in [3.8, 4) is 0 Å². The second kappa shape index (κ2) is 9.61. The van der Waals surface area contributed by atoms with Crippen LogP contribution in [0.25, 0.3) is 0 Å². The van der Waals surface area contributed by atoms with Crippen molar-refractivity contribution in [3.05, 3.63) is 58.6 Å². The lowest BCUT2D eigenvalue weighted by molar-refractivity contribution is -0.121. The molecule has 0 spiro atoms. The Kier molecular flexibility index (Phi) is 7.12. The number of aliphatic imine (C=N–C) groups is 1. The third-order valence-corrected chi connectivity index (χ3v) is 5.32. The molecule has 0 saturated carbocycles. The van der Waals surface area contributed by atoms with Crippen molar-refractivity contribution in [3.63, 3.8) is 0 Å². The third kappa shape index (κ3) is 4.96. The van der Waals surface area contributed by atoms with Crippen LogP contribution in [0.3, 0.4) is 0 Å². The molecule has 0 fully saturated rings. The molecule has 2 aromatic rings. The van der Waals surface area contributed by atoms with Gasteiger partial charge in [-0.3, -0.25) is 15.2 Å². The van der Waals surface area contributed by atoms with Crippen molar-refractivity contribution >= 4 is 47.3 Å². The lowest BCUT2D eigenvalue weighted by atomic mass is 9.78. The van der Waals surface area contributed by atoms with Gasteiger partial charge in [-0.1, -0.05) is 35.9 Å². The second-order valence-electron chi connectivity index (χ2n) is 7.31. The number of amidine groups is 1. The summed E-state index contributed by atoms with van der Waals surface area (Å²) >= 11 is 6.05. The SMILES string of the molecule is CCNC(=O)C[C@@H]1N=C(c2ccc(Cl)cc2)c2cc(B(O)O)ccc2N(C(C)=N)C1N. The minimum Gasteiger partial charge on any atom is -0.423 e. The van der Waals surface area contributed by atoms with Gasteiger partial charge in [-0.15, -0.1) is 0 Å². The standard InChI is InChI=1S/C21H25BClN5O3/c1-3-26-19(29)11-17-21(25)28(12(2)24)18-9-6-14(22(30)31)10-16(18)20(27-17)13-4-7-15(23)8-5-13/h4-10,17,21,24,30-31H,3,11,25H2,1-2H3,(H,26,29)/t17-,21?/m0/s1. The van der Waals surface area contributed by atoms with Crippen LogP contribution in [0, 0.1) is 5.41 Å². The van der Waals surface area contributed by atoms with E-state index in [9.17, 15) is 14.8 Å². The fraction of sp³-hybridized carbons (Fsp3) is 0.286. The number of carbonyl (C=O) groups excluding carboxylic acids is 1. The summed E-state index contributed by atoms with van der Waals surface area (Å²) in [6.45, 7) is 3.92. The van der Waals surface area contributed by atoms with Crippen LogP contribution in [0.5, 0.6) is 0 Å². The Morgan fingerprint density at radius 3 is 2.55 bits per heavy atom. The zero-order valence-electron chi connectivity index (χ0n) is 17.3. The molecule has 1 heterocycles. The maximum atomic E-state index is 12.4. The Bertz CT molecular complexity index is 1010. The predicted molar refractivity (Wildman–Crippen MR) is 124 cm³/mol. The van der Waals surface area contributed by atoms with E-state index < -0.39 is 19.3 Å². The van der Waals surface area contributed by atoms with Crippen LogP contribution < -0.4 is 21.4 Å². The Labute approximate surface area is 186 Å². The lowest BCUT2D eigenvalue weighted by Crippen LogP contribution is -2.52. The molecule has 3 rings (SSSR count). The molecule has 0 aromatic heterocycles. The molecule has 0 radical (unpaired) electrons. The van der Waals surface area contributed by atoms with Crippen LogP contribution in [0.4, 0.5) is 5.69 Å². The molecular weight excluding hydrogens is 417 g/mol. The molecule has 0 saturated heterocycles. The van der Waals surface area contributed by atoms with E-state index >= 15 is 0 Å². The fourth-order valence-corrected chi connectivity index (χ4v) is 3.75.